The highest BCUT2D eigenvalue weighted by atomic mass is 35.5. The van der Waals surface area contributed by atoms with E-state index in [0.29, 0.717) is 0 Å². The van der Waals surface area contributed by atoms with E-state index < -0.39 is 0 Å². The number of hydrogen-bond acceptors (Lipinski definition) is 3. The van der Waals surface area contributed by atoms with E-state index in [1.165, 1.54) is 0 Å². The van der Waals surface area contributed by atoms with Crippen molar-refractivity contribution in [2.24, 2.45) is 11.3 Å². The number of carbonyl (C=O) groups excluding carboxylic acids is 1. The zero-order valence-corrected chi connectivity index (χ0v) is 13.8. The molecule has 2 N–H and O–H groups in total. The molecule has 1 spiro atoms. The van der Waals surface area contributed by atoms with Gasteiger partial charge in [-0.15, -0.1) is 12.4 Å². The molecule has 1 atom stereocenters. The molecule has 3 rings (SSSR count). The van der Waals surface area contributed by atoms with Crippen molar-refractivity contribution in [3.05, 3.63) is 11.4 Å². The molecule has 5 nitrogen and oxygen atoms in total. The molecule has 1 unspecified atom stereocenters. The lowest BCUT2D eigenvalue weighted by atomic mass is 9.92. The third-order valence-electron chi connectivity index (χ3n) is 5.03. The molecule has 2 heterocycles. The Hall–Kier alpha value is -1.07. The Morgan fingerprint density at radius 3 is 2.67 bits per heavy atom. The van der Waals surface area contributed by atoms with Crippen molar-refractivity contribution in [1.82, 2.24) is 15.1 Å². The molecule has 1 aromatic rings. The zero-order chi connectivity index (χ0) is 14.3. The van der Waals surface area contributed by atoms with Gasteiger partial charge in [0.2, 0.25) is 5.91 Å². The molecule has 6 heteroatoms. The maximum Gasteiger partial charge on any atom is 0.228 e. The van der Waals surface area contributed by atoms with Gasteiger partial charge in [0.15, 0.2) is 0 Å². The zero-order valence-electron chi connectivity index (χ0n) is 13.0. The summed E-state index contributed by atoms with van der Waals surface area (Å²) >= 11 is 0. The highest BCUT2D eigenvalue weighted by molar-refractivity contribution is 5.96. The fraction of sp³-hybridized carbons (Fsp3) is 0.733. The summed E-state index contributed by atoms with van der Waals surface area (Å²) in [7, 11) is 0. The number of anilines is 1. The molecule has 118 valence electrons. The molecule has 1 aliphatic carbocycles. The maximum atomic E-state index is 12.5. The van der Waals surface area contributed by atoms with Crippen LogP contribution in [0.1, 0.15) is 37.6 Å². The number of nitrogens with zero attached hydrogens (tertiary/aromatic N) is 2. The van der Waals surface area contributed by atoms with Crippen LogP contribution in [0.5, 0.6) is 0 Å². The van der Waals surface area contributed by atoms with E-state index in [4.69, 9.17) is 0 Å². The van der Waals surface area contributed by atoms with Crippen LogP contribution in [-0.2, 0) is 11.3 Å². The molecule has 2 aliphatic rings. The van der Waals surface area contributed by atoms with Crippen LogP contribution in [0.25, 0.3) is 0 Å². The van der Waals surface area contributed by atoms with Crippen LogP contribution in [0.4, 0.5) is 5.69 Å². The minimum absolute atomic E-state index is 0. The number of aryl methyl sites for hydroxylation is 2. The summed E-state index contributed by atoms with van der Waals surface area (Å²) in [5, 5.41) is 11.0. The Kier molecular flexibility index (Phi) is 4.63. The van der Waals surface area contributed by atoms with Crippen LogP contribution in [0.2, 0.25) is 0 Å². The van der Waals surface area contributed by atoms with Crippen molar-refractivity contribution in [1.29, 1.82) is 0 Å². The fourth-order valence-electron chi connectivity index (χ4n) is 3.59. The first-order valence-electron chi connectivity index (χ1n) is 7.63. The summed E-state index contributed by atoms with van der Waals surface area (Å²) < 4.78 is 1.94. The quantitative estimate of drug-likeness (QED) is 0.900. The molecule has 1 saturated heterocycles. The van der Waals surface area contributed by atoms with E-state index in [1.54, 1.807) is 0 Å². The molecular weight excluding hydrogens is 288 g/mol. The van der Waals surface area contributed by atoms with Crippen LogP contribution >= 0.6 is 12.4 Å². The minimum Gasteiger partial charge on any atom is -0.323 e. The van der Waals surface area contributed by atoms with E-state index in [9.17, 15) is 4.79 Å². The minimum atomic E-state index is 0. The lowest BCUT2D eigenvalue weighted by Gasteiger charge is -2.23. The van der Waals surface area contributed by atoms with Gasteiger partial charge in [-0.25, -0.2) is 0 Å². The number of carbonyl (C=O) groups is 1. The van der Waals surface area contributed by atoms with Crippen molar-refractivity contribution in [2.45, 2.75) is 46.6 Å². The van der Waals surface area contributed by atoms with Crippen LogP contribution in [0, 0.1) is 25.2 Å². The molecule has 1 aromatic heterocycles. The lowest BCUT2D eigenvalue weighted by Crippen LogP contribution is -2.31. The second kappa shape index (κ2) is 5.97. The van der Waals surface area contributed by atoms with Crippen molar-refractivity contribution in [2.75, 3.05) is 18.4 Å². The molecular formula is C15H25ClN4O. The number of nitrogens with one attached hydrogen (secondary N) is 2. The highest BCUT2D eigenvalue weighted by Crippen LogP contribution is 2.58. The summed E-state index contributed by atoms with van der Waals surface area (Å²) in [5.41, 5.74) is 3.17. The number of halogens is 1. The van der Waals surface area contributed by atoms with Gasteiger partial charge in [0.05, 0.1) is 17.1 Å². The SMILES string of the molecule is CCn1nc(C)c(NC(=O)C2CC23CCNCC3)c1C.Cl. The Morgan fingerprint density at radius 2 is 2.10 bits per heavy atom. The van der Waals surface area contributed by atoms with Gasteiger partial charge >= 0.3 is 0 Å². The molecule has 0 aromatic carbocycles. The number of rotatable bonds is 3. The Balaban J connectivity index is 0.00000161. The standard InChI is InChI=1S/C15H24N4O.ClH/c1-4-19-11(3)13(10(2)18-19)17-14(20)12-9-15(12)5-7-16-8-6-15;/h12,16H,4-9H2,1-3H3,(H,17,20);1H. The van der Waals surface area contributed by atoms with E-state index in [2.05, 4.69) is 22.7 Å². The lowest BCUT2D eigenvalue weighted by molar-refractivity contribution is -0.118. The Morgan fingerprint density at radius 1 is 1.43 bits per heavy atom. The second-order valence-corrected chi connectivity index (χ2v) is 6.22. The van der Waals surface area contributed by atoms with Gasteiger partial charge in [-0.05, 0) is 58.5 Å². The topological polar surface area (TPSA) is 59.0 Å². The summed E-state index contributed by atoms with van der Waals surface area (Å²) in [6.07, 6.45) is 3.33. The third kappa shape index (κ3) is 2.81. The average molecular weight is 313 g/mol. The highest BCUT2D eigenvalue weighted by Gasteiger charge is 2.57. The summed E-state index contributed by atoms with van der Waals surface area (Å²) in [6, 6.07) is 0. The Bertz CT molecular complexity index is 534. The summed E-state index contributed by atoms with van der Waals surface area (Å²) in [6.45, 7) is 8.98. The number of amides is 1. The van der Waals surface area contributed by atoms with Gasteiger partial charge < -0.3 is 10.6 Å². The first kappa shape index (κ1) is 16.3. The molecule has 0 bridgehead atoms. The van der Waals surface area contributed by atoms with Crippen LogP contribution in [0.15, 0.2) is 0 Å². The predicted molar refractivity (Wildman–Crippen MR) is 85.9 cm³/mol. The van der Waals surface area contributed by atoms with Gasteiger partial charge in [-0.3, -0.25) is 9.48 Å². The predicted octanol–water partition coefficient (Wildman–Crippen LogP) is 2.27. The molecule has 0 radical (unpaired) electrons. The molecule has 1 saturated carbocycles. The largest absolute Gasteiger partial charge is 0.323 e. The first-order chi connectivity index (χ1) is 9.57. The molecule has 1 amide bonds. The number of hydrogen-bond donors (Lipinski definition) is 2. The van der Waals surface area contributed by atoms with E-state index >= 15 is 0 Å². The van der Waals surface area contributed by atoms with Gasteiger partial charge in [-0.1, -0.05) is 0 Å². The monoisotopic (exact) mass is 312 g/mol. The van der Waals surface area contributed by atoms with Crippen molar-refractivity contribution in [3.8, 4) is 0 Å². The van der Waals surface area contributed by atoms with Crippen molar-refractivity contribution < 1.29 is 4.79 Å². The molecule has 1 aliphatic heterocycles. The third-order valence-corrected chi connectivity index (χ3v) is 5.03. The smallest absolute Gasteiger partial charge is 0.228 e. The molecule has 2 fully saturated rings. The van der Waals surface area contributed by atoms with Crippen LogP contribution in [0.3, 0.4) is 0 Å². The maximum absolute atomic E-state index is 12.5. The second-order valence-electron chi connectivity index (χ2n) is 6.22. The van der Waals surface area contributed by atoms with E-state index in [-0.39, 0.29) is 29.6 Å². The molecule has 21 heavy (non-hydrogen) atoms. The van der Waals surface area contributed by atoms with Gasteiger partial charge in [0, 0.05) is 12.5 Å². The Labute approximate surface area is 132 Å². The number of aromatic nitrogens is 2. The van der Waals surface area contributed by atoms with Gasteiger partial charge in [0.1, 0.15) is 0 Å². The van der Waals surface area contributed by atoms with E-state index in [1.807, 2.05) is 18.5 Å². The van der Waals surface area contributed by atoms with Crippen LogP contribution < -0.4 is 10.6 Å². The van der Waals surface area contributed by atoms with E-state index in [0.717, 1.165) is 56.0 Å². The van der Waals surface area contributed by atoms with Crippen molar-refractivity contribution in [3.63, 3.8) is 0 Å². The van der Waals surface area contributed by atoms with Gasteiger partial charge in [-0.2, -0.15) is 5.10 Å². The van der Waals surface area contributed by atoms with Crippen molar-refractivity contribution >= 4 is 24.0 Å². The average Bonchev–Trinajstić information content (AvgIpc) is 3.07. The normalized spacial score (nSPS) is 22.7. The summed E-state index contributed by atoms with van der Waals surface area (Å²) in [5.74, 6) is 0.391. The van der Waals surface area contributed by atoms with Crippen LogP contribution in [-0.4, -0.2) is 28.8 Å². The fourth-order valence-corrected chi connectivity index (χ4v) is 3.59. The first-order valence-corrected chi connectivity index (χ1v) is 7.63. The number of piperidine rings is 1. The summed E-state index contributed by atoms with van der Waals surface area (Å²) in [4.78, 5) is 12.5. The van der Waals surface area contributed by atoms with Gasteiger partial charge in [0.25, 0.3) is 0 Å².